The van der Waals surface area contributed by atoms with E-state index in [0.717, 1.165) is 39.7 Å². The molecule has 4 aromatic rings. The quantitative estimate of drug-likeness (QED) is 0.156. The van der Waals surface area contributed by atoms with Gasteiger partial charge < -0.3 is 9.13 Å². The highest BCUT2D eigenvalue weighted by atomic mass is 127. The maximum atomic E-state index is 12.7. The van der Waals surface area contributed by atoms with Crippen LogP contribution in [0.2, 0.25) is 5.02 Å². The molecule has 0 fully saturated rings. The van der Waals surface area contributed by atoms with E-state index in [4.69, 9.17) is 11.6 Å². The lowest BCUT2D eigenvalue weighted by Crippen LogP contribution is -2.18. The summed E-state index contributed by atoms with van der Waals surface area (Å²) < 4.78 is 5.52. The molecule has 5 nitrogen and oxygen atoms in total. The molecule has 0 bridgehead atoms. The molecule has 7 heteroatoms. The molecule has 2 heterocycles. The zero-order valence-electron chi connectivity index (χ0n) is 19.8. The van der Waals surface area contributed by atoms with Crippen LogP contribution in [0.5, 0.6) is 0 Å². The van der Waals surface area contributed by atoms with Gasteiger partial charge in [-0.2, -0.15) is 5.10 Å². The molecule has 2 aromatic heterocycles. The minimum Gasteiger partial charge on any atom is -0.318 e. The normalized spacial score (nSPS) is 11.4. The van der Waals surface area contributed by atoms with Crippen LogP contribution >= 0.6 is 34.2 Å². The molecule has 0 atom stereocenters. The van der Waals surface area contributed by atoms with Gasteiger partial charge >= 0.3 is 0 Å². The summed E-state index contributed by atoms with van der Waals surface area (Å²) in [6.45, 7) is 10.3. The fourth-order valence-electron chi connectivity index (χ4n) is 4.21. The maximum absolute atomic E-state index is 12.7. The smallest absolute Gasteiger partial charge is 0.272 e. The van der Waals surface area contributed by atoms with Gasteiger partial charge in [0.2, 0.25) is 0 Å². The van der Waals surface area contributed by atoms with Crippen LogP contribution in [0.4, 0.5) is 0 Å². The standard InChI is InChI=1S/C27H26ClIN4O/c1-16-12-22(9-11-26(16)29)33-19(4)13-21(20(33)5)15-30-31-27(34)24-10-8-23(14-25(24)28)32-17(2)6-7-18(32)3/h6-15H,1-5H3,(H,31,34)/b30-15-. The number of aromatic nitrogens is 2. The number of nitrogens with zero attached hydrogens (tertiary/aromatic N) is 3. The van der Waals surface area contributed by atoms with E-state index in [0.29, 0.717) is 10.6 Å². The van der Waals surface area contributed by atoms with Gasteiger partial charge in [0.15, 0.2) is 0 Å². The number of hydrogen-bond acceptors (Lipinski definition) is 2. The second kappa shape index (κ2) is 9.80. The first-order valence-electron chi connectivity index (χ1n) is 10.9. The first-order chi connectivity index (χ1) is 16.2. The summed E-state index contributed by atoms with van der Waals surface area (Å²) in [5, 5.41) is 4.58. The van der Waals surface area contributed by atoms with E-state index in [1.165, 1.54) is 9.13 Å². The lowest BCUT2D eigenvalue weighted by Gasteiger charge is -2.11. The second-order valence-electron chi connectivity index (χ2n) is 8.41. The maximum Gasteiger partial charge on any atom is 0.272 e. The Labute approximate surface area is 218 Å². The molecule has 2 aromatic carbocycles. The zero-order valence-corrected chi connectivity index (χ0v) is 22.7. The molecule has 1 amide bonds. The van der Waals surface area contributed by atoms with Crippen molar-refractivity contribution in [1.29, 1.82) is 0 Å². The Morgan fingerprint density at radius 2 is 1.53 bits per heavy atom. The van der Waals surface area contributed by atoms with Crippen LogP contribution in [-0.4, -0.2) is 21.3 Å². The minimum absolute atomic E-state index is 0.351. The number of aryl methyl sites for hydroxylation is 4. The Hall–Kier alpha value is -2.84. The molecule has 1 N–H and O–H groups in total. The number of hydrazone groups is 1. The van der Waals surface area contributed by atoms with Crippen molar-refractivity contribution >= 4 is 46.3 Å². The van der Waals surface area contributed by atoms with Crippen LogP contribution in [0.1, 0.15) is 44.3 Å². The van der Waals surface area contributed by atoms with Gasteiger partial charge in [-0.05, 0) is 117 Å². The summed E-state index contributed by atoms with van der Waals surface area (Å²) in [5.41, 5.74) is 11.5. The molecule has 0 aliphatic heterocycles. The zero-order chi connectivity index (χ0) is 24.6. The lowest BCUT2D eigenvalue weighted by molar-refractivity contribution is 0.0955. The number of hydrogen-bond donors (Lipinski definition) is 1. The van der Waals surface area contributed by atoms with Gasteiger partial charge in [0.05, 0.1) is 16.8 Å². The van der Waals surface area contributed by atoms with Crippen molar-refractivity contribution < 1.29 is 4.79 Å². The predicted octanol–water partition coefficient (Wildman–Crippen LogP) is 6.83. The van der Waals surface area contributed by atoms with E-state index >= 15 is 0 Å². The van der Waals surface area contributed by atoms with E-state index in [-0.39, 0.29) is 5.91 Å². The van der Waals surface area contributed by atoms with Gasteiger partial charge in [-0.25, -0.2) is 5.43 Å². The molecule has 174 valence electrons. The van der Waals surface area contributed by atoms with Gasteiger partial charge in [-0.3, -0.25) is 4.79 Å². The Morgan fingerprint density at radius 1 is 0.882 bits per heavy atom. The highest BCUT2D eigenvalue weighted by molar-refractivity contribution is 14.1. The number of rotatable bonds is 5. The Balaban J connectivity index is 1.52. The summed E-state index contributed by atoms with van der Waals surface area (Å²) in [6, 6.07) is 18.0. The van der Waals surface area contributed by atoms with E-state index in [9.17, 15) is 4.79 Å². The van der Waals surface area contributed by atoms with Crippen molar-refractivity contribution in [3.05, 3.63) is 103 Å². The molecule has 4 rings (SSSR count). The first kappa shape index (κ1) is 24.3. The van der Waals surface area contributed by atoms with E-state index < -0.39 is 0 Å². The molecule has 34 heavy (non-hydrogen) atoms. The average molecular weight is 585 g/mol. The Bertz CT molecular complexity index is 1410. The summed E-state index contributed by atoms with van der Waals surface area (Å²) in [4.78, 5) is 12.7. The Morgan fingerprint density at radius 3 is 2.18 bits per heavy atom. The summed E-state index contributed by atoms with van der Waals surface area (Å²) in [7, 11) is 0. The topological polar surface area (TPSA) is 51.3 Å². The molecule has 0 saturated heterocycles. The third kappa shape index (κ3) is 4.70. The SMILES string of the molecule is Cc1cc(-n2c(C)cc(/C=N\NC(=O)c3ccc(-n4c(C)ccc4C)cc3Cl)c2C)ccc1I. The van der Waals surface area contributed by atoms with Crippen molar-refractivity contribution in [2.24, 2.45) is 5.10 Å². The number of carbonyl (C=O) groups is 1. The van der Waals surface area contributed by atoms with Crippen molar-refractivity contribution in [1.82, 2.24) is 14.6 Å². The highest BCUT2D eigenvalue weighted by Gasteiger charge is 2.13. The summed E-state index contributed by atoms with van der Waals surface area (Å²) in [5.74, 6) is -0.351. The summed E-state index contributed by atoms with van der Waals surface area (Å²) >= 11 is 8.79. The van der Waals surface area contributed by atoms with Gasteiger partial charge in [-0.15, -0.1) is 0 Å². The van der Waals surface area contributed by atoms with Gasteiger partial charge in [0.1, 0.15) is 0 Å². The van der Waals surface area contributed by atoms with E-state index in [1.54, 1.807) is 18.3 Å². The number of amides is 1. The van der Waals surface area contributed by atoms with E-state index in [1.807, 2.05) is 26.8 Å². The molecule has 0 spiro atoms. The summed E-state index contributed by atoms with van der Waals surface area (Å²) in [6.07, 6.45) is 1.67. The van der Waals surface area contributed by atoms with Gasteiger partial charge in [0, 0.05) is 43.3 Å². The van der Waals surface area contributed by atoms with Crippen molar-refractivity contribution in [3.8, 4) is 11.4 Å². The monoisotopic (exact) mass is 584 g/mol. The predicted molar refractivity (Wildman–Crippen MR) is 148 cm³/mol. The Kier molecular flexibility index (Phi) is 7.00. The lowest BCUT2D eigenvalue weighted by atomic mass is 10.2. The molecule has 0 aliphatic rings. The van der Waals surface area contributed by atoms with Crippen molar-refractivity contribution in [2.75, 3.05) is 0 Å². The van der Waals surface area contributed by atoms with Gasteiger partial charge in [-0.1, -0.05) is 11.6 Å². The third-order valence-electron chi connectivity index (χ3n) is 5.97. The molecule has 0 radical (unpaired) electrons. The van der Waals surface area contributed by atoms with Crippen LogP contribution in [-0.2, 0) is 0 Å². The molecular formula is C27H26ClIN4O. The van der Waals surface area contributed by atoms with Gasteiger partial charge in [0.25, 0.3) is 5.91 Å². The second-order valence-corrected chi connectivity index (χ2v) is 9.98. The number of benzene rings is 2. The molecular weight excluding hydrogens is 559 g/mol. The number of carbonyl (C=O) groups excluding carboxylic acids is 1. The van der Waals surface area contributed by atoms with Crippen LogP contribution in [0.15, 0.2) is 59.7 Å². The average Bonchev–Trinajstić information content (AvgIpc) is 3.27. The number of halogens is 2. The first-order valence-corrected chi connectivity index (χ1v) is 12.4. The van der Waals surface area contributed by atoms with Crippen LogP contribution in [0.25, 0.3) is 11.4 Å². The number of nitrogens with one attached hydrogen (secondary N) is 1. The van der Waals surface area contributed by atoms with Crippen molar-refractivity contribution in [2.45, 2.75) is 34.6 Å². The largest absolute Gasteiger partial charge is 0.318 e. The minimum atomic E-state index is -0.351. The molecule has 0 unspecified atom stereocenters. The van der Waals surface area contributed by atoms with Crippen molar-refractivity contribution in [3.63, 3.8) is 0 Å². The van der Waals surface area contributed by atoms with Crippen LogP contribution in [0, 0.1) is 38.2 Å². The molecule has 0 aliphatic carbocycles. The fraction of sp³-hybridized carbons (Fsp3) is 0.185. The molecule has 0 saturated carbocycles. The van der Waals surface area contributed by atoms with Crippen LogP contribution < -0.4 is 5.43 Å². The van der Waals surface area contributed by atoms with E-state index in [2.05, 4.69) is 92.5 Å². The fourth-order valence-corrected chi connectivity index (χ4v) is 4.80. The highest BCUT2D eigenvalue weighted by Crippen LogP contribution is 2.24. The third-order valence-corrected chi connectivity index (χ3v) is 7.49. The van der Waals surface area contributed by atoms with Crippen LogP contribution in [0.3, 0.4) is 0 Å².